The van der Waals surface area contributed by atoms with E-state index in [1.807, 2.05) is 30.3 Å². The molecular formula is C8H12N2O. The molecule has 11 heavy (non-hydrogen) atoms. The highest BCUT2D eigenvalue weighted by atomic mass is 16.6. The summed E-state index contributed by atoms with van der Waals surface area (Å²) < 4.78 is 0. The maximum atomic E-state index is 5.25. The van der Waals surface area contributed by atoms with Gasteiger partial charge in [-0.05, 0) is 12.1 Å². The minimum atomic E-state index is 0.576. The Morgan fingerprint density at radius 1 is 1.27 bits per heavy atom. The number of nitrogens with two attached hydrogens (primary N) is 1. The number of rotatable bonds is 4. The van der Waals surface area contributed by atoms with Gasteiger partial charge < -0.3 is 10.6 Å². The Morgan fingerprint density at radius 3 is 2.64 bits per heavy atom. The molecule has 0 atom stereocenters. The summed E-state index contributed by atoms with van der Waals surface area (Å²) in [6, 6.07) is 9.53. The van der Waals surface area contributed by atoms with Gasteiger partial charge in [-0.2, -0.15) is 5.48 Å². The van der Waals surface area contributed by atoms with Gasteiger partial charge in [0.05, 0.1) is 0 Å². The Bertz CT molecular complexity index is 189. The van der Waals surface area contributed by atoms with Crippen molar-refractivity contribution < 1.29 is 4.84 Å². The Hall–Kier alpha value is -1.06. The summed E-state index contributed by atoms with van der Waals surface area (Å²) in [5.41, 5.74) is 7.98. The molecule has 0 aliphatic heterocycles. The highest BCUT2D eigenvalue weighted by Crippen LogP contribution is 2.05. The number of benzene rings is 1. The van der Waals surface area contributed by atoms with Crippen molar-refractivity contribution in [1.82, 2.24) is 5.48 Å². The predicted molar refractivity (Wildman–Crippen MR) is 44.1 cm³/mol. The van der Waals surface area contributed by atoms with Crippen LogP contribution in [0.4, 0.5) is 0 Å². The number of para-hydroxylation sites is 1. The van der Waals surface area contributed by atoms with Crippen molar-refractivity contribution in [2.45, 2.75) is 0 Å². The van der Waals surface area contributed by atoms with Crippen molar-refractivity contribution in [3.63, 3.8) is 0 Å². The summed E-state index contributed by atoms with van der Waals surface area (Å²) >= 11 is 0. The number of hydrogen-bond donors (Lipinski definition) is 2. The van der Waals surface area contributed by atoms with E-state index in [1.165, 1.54) is 0 Å². The van der Waals surface area contributed by atoms with Crippen molar-refractivity contribution >= 4 is 0 Å². The summed E-state index contributed by atoms with van der Waals surface area (Å²) in [6.45, 7) is 1.24. The largest absolute Gasteiger partial charge is 0.409 e. The van der Waals surface area contributed by atoms with Gasteiger partial charge in [0.25, 0.3) is 0 Å². The van der Waals surface area contributed by atoms with Crippen LogP contribution in [-0.4, -0.2) is 13.1 Å². The minimum absolute atomic E-state index is 0.576. The second kappa shape index (κ2) is 4.71. The zero-order valence-corrected chi connectivity index (χ0v) is 6.29. The molecule has 0 radical (unpaired) electrons. The van der Waals surface area contributed by atoms with Crippen LogP contribution in [-0.2, 0) is 0 Å². The highest BCUT2D eigenvalue weighted by Gasteiger charge is 1.87. The molecule has 0 spiro atoms. The molecule has 1 aromatic carbocycles. The van der Waals surface area contributed by atoms with E-state index in [1.54, 1.807) is 0 Å². The lowest BCUT2D eigenvalue weighted by Crippen LogP contribution is -2.25. The number of nitrogens with one attached hydrogen (secondary N) is 1. The Kier molecular flexibility index (Phi) is 3.44. The van der Waals surface area contributed by atoms with Gasteiger partial charge in [-0.3, -0.25) is 0 Å². The topological polar surface area (TPSA) is 47.3 Å². The average Bonchev–Trinajstić information content (AvgIpc) is 2.07. The molecule has 0 bridgehead atoms. The van der Waals surface area contributed by atoms with E-state index in [0.717, 1.165) is 5.75 Å². The van der Waals surface area contributed by atoms with Gasteiger partial charge >= 0.3 is 0 Å². The summed E-state index contributed by atoms with van der Waals surface area (Å²) in [5.74, 6) is 0.806. The first kappa shape index (κ1) is 8.04. The normalized spacial score (nSPS) is 9.55. The van der Waals surface area contributed by atoms with E-state index in [4.69, 9.17) is 10.6 Å². The van der Waals surface area contributed by atoms with Gasteiger partial charge in [-0.25, -0.2) is 0 Å². The smallest absolute Gasteiger partial charge is 0.147 e. The molecule has 0 saturated carbocycles. The van der Waals surface area contributed by atoms with Crippen LogP contribution in [0, 0.1) is 0 Å². The molecule has 0 fully saturated rings. The molecule has 1 rings (SSSR count). The Morgan fingerprint density at radius 2 is 2.00 bits per heavy atom. The maximum Gasteiger partial charge on any atom is 0.147 e. The lowest BCUT2D eigenvalue weighted by atomic mass is 10.3. The molecule has 60 valence electrons. The predicted octanol–water partition coefficient (Wildman–Crippen LogP) is 0.529. The van der Waals surface area contributed by atoms with Crippen molar-refractivity contribution in [2.75, 3.05) is 13.1 Å². The lowest BCUT2D eigenvalue weighted by Gasteiger charge is -2.04. The second-order valence-corrected chi connectivity index (χ2v) is 2.10. The molecule has 3 N–H and O–H groups in total. The average molecular weight is 152 g/mol. The highest BCUT2D eigenvalue weighted by molar-refractivity contribution is 5.20. The minimum Gasteiger partial charge on any atom is -0.409 e. The number of hydrogen-bond acceptors (Lipinski definition) is 3. The first-order valence-electron chi connectivity index (χ1n) is 3.58. The zero-order valence-electron chi connectivity index (χ0n) is 6.29. The van der Waals surface area contributed by atoms with Crippen LogP contribution in [0.15, 0.2) is 30.3 Å². The van der Waals surface area contributed by atoms with Gasteiger partial charge in [0.1, 0.15) is 5.75 Å². The molecule has 0 aliphatic carbocycles. The fourth-order valence-corrected chi connectivity index (χ4v) is 0.682. The van der Waals surface area contributed by atoms with Crippen LogP contribution in [0.2, 0.25) is 0 Å². The van der Waals surface area contributed by atoms with E-state index in [-0.39, 0.29) is 0 Å². The molecular weight excluding hydrogens is 140 g/mol. The van der Waals surface area contributed by atoms with Gasteiger partial charge in [-0.15, -0.1) is 0 Å². The quantitative estimate of drug-likeness (QED) is 0.488. The van der Waals surface area contributed by atoms with Crippen LogP contribution >= 0.6 is 0 Å². The van der Waals surface area contributed by atoms with Gasteiger partial charge in [0, 0.05) is 13.1 Å². The van der Waals surface area contributed by atoms with Crippen LogP contribution in [0.1, 0.15) is 0 Å². The third-order valence-corrected chi connectivity index (χ3v) is 1.18. The van der Waals surface area contributed by atoms with Crippen LogP contribution < -0.4 is 16.1 Å². The zero-order chi connectivity index (χ0) is 7.94. The Labute approximate surface area is 66.1 Å². The first-order valence-corrected chi connectivity index (χ1v) is 3.58. The van der Waals surface area contributed by atoms with E-state index in [2.05, 4.69) is 5.48 Å². The molecule has 0 saturated heterocycles. The molecule has 0 aromatic heterocycles. The summed E-state index contributed by atoms with van der Waals surface area (Å²) in [4.78, 5) is 5.12. The molecule has 3 nitrogen and oxygen atoms in total. The molecule has 0 heterocycles. The van der Waals surface area contributed by atoms with E-state index in [9.17, 15) is 0 Å². The van der Waals surface area contributed by atoms with Gasteiger partial charge in [0.2, 0.25) is 0 Å². The monoisotopic (exact) mass is 152 g/mol. The fourth-order valence-electron chi connectivity index (χ4n) is 0.682. The standard InChI is InChI=1S/C8H12N2O/c9-6-7-10-11-8-4-2-1-3-5-8/h1-5,10H,6-7,9H2. The summed E-state index contributed by atoms with van der Waals surface area (Å²) in [5, 5.41) is 0. The molecule has 0 unspecified atom stereocenters. The molecule has 3 heteroatoms. The molecule has 0 aliphatic rings. The van der Waals surface area contributed by atoms with E-state index >= 15 is 0 Å². The summed E-state index contributed by atoms with van der Waals surface area (Å²) in [6.07, 6.45) is 0. The fraction of sp³-hybridized carbons (Fsp3) is 0.250. The van der Waals surface area contributed by atoms with Crippen LogP contribution in [0.5, 0.6) is 5.75 Å². The Balaban J connectivity index is 2.28. The van der Waals surface area contributed by atoms with E-state index in [0.29, 0.717) is 13.1 Å². The van der Waals surface area contributed by atoms with Crippen molar-refractivity contribution in [1.29, 1.82) is 0 Å². The lowest BCUT2D eigenvalue weighted by molar-refractivity contribution is 0.199. The summed E-state index contributed by atoms with van der Waals surface area (Å²) in [7, 11) is 0. The van der Waals surface area contributed by atoms with Crippen molar-refractivity contribution in [3.8, 4) is 5.75 Å². The van der Waals surface area contributed by atoms with E-state index < -0.39 is 0 Å². The molecule has 0 amide bonds. The maximum absolute atomic E-state index is 5.25. The van der Waals surface area contributed by atoms with Crippen LogP contribution in [0.3, 0.4) is 0 Å². The third-order valence-electron chi connectivity index (χ3n) is 1.18. The molecule has 1 aromatic rings. The SMILES string of the molecule is NCCNOc1ccccc1. The van der Waals surface area contributed by atoms with Crippen molar-refractivity contribution in [3.05, 3.63) is 30.3 Å². The third kappa shape index (κ3) is 3.02. The van der Waals surface area contributed by atoms with Gasteiger partial charge in [0.15, 0.2) is 0 Å². The second-order valence-electron chi connectivity index (χ2n) is 2.10. The first-order chi connectivity index (χ1) is 5.43. The number of hydroxylamine groups is 1. The van der Waals surface area contributed by atoms with Crippen LogP contribution in [0.25, 0.3) is 0 Å². The van der Waals surface area contributed by atoms with Gasteiger partial charge in [-0.1, -0.05) is 18.2 Å². The van der Waals surface area contributed by atoms with Crippen molar-refractivity contribution in [2.24, 2.45) is 5.73 Å².